The number of halogens is 1. The quantitative estimate of drug-likeness (QED) is 0.316. The van der Waals surface area contributed by atoms with E-state index in [1.165, 1.54) is 0 Å². The van der Waals surface area contributed by atoms with E-state index in [2.05, 4.69) is 13.8 Å². The summed E-state index contributed by atoms with van der Waals surface area (Å²) in [6.45, 7) is 9.86. The van der Waals surface area contributed by atoms with E-state index in [0.29, 0.717) is 54.5 Å². The zero-order valence-corrected chi connectivity index (χ0v) is 24.7. The molecule has 0 unspecified atom stereocenters. The summed E-state index contributed by atoms with van der Waals surface area (Å²) in [5, 5.41) is 0.453. The molecule has 0 aromatic heterocycles. The number of aryl methyl sites for hydroxylation is 1. The average molecular weight is 574 g/mol. The lowest BCUT2D eigenvalue weighted by atomic mass is 10.0. The van der Waals surface area contributed by atoms with Crippen LogP contribution in [0.1, 0.15) is 65.0 Å². The van der Waals surface area contributed by atoms with Gasteiger partial charge in [-0.25, -0.2) is 9.69 Å². The summed E-state index contributed by atoms with van der Waals surface area (Å²) in [4.78, 5) is 26.6. The first-order valence-corrected chi connectivity index (χ1v) is 14.5. The summed E-state index contributed by atoms with van der Waals surface area (Å²) < 4.78 is 36.3. The van der Waals surface area contributed by atoms with E-state index in [0.717, 1.165) is 21.8 Å². The lowest BCUT2D eigenvalue weighted by Crippen LogP contribution is -2.42. The molecule has 0 heterocycles. The van der Waals surface area contributed by atoms with Crippen molar-refractivity contribution in [1.82, 2.24) is 0 Å². The highest BCUT2D eigenvalue weighted by Gasteiger charge is 2.29. The predicted octanol–water partition coefficient (Wildman–Crippen LogP) is 6.56. The van der Waals surface area contributed by atoms with Gasteiger partial charge in [-0.05, 0) is 74.9 Å². The Bertz CT molecular complexity index is 1360. The normalized spacial score (nSPS) is 13.6. The number of rotatable bonds is 9. The van der Waals surface area contributed by atoms with Gasteiger partial charge in [-0.3, -0.25) is 4.79 Å². The van der Waals surface area contributed by atoms with Gasteiger partial charge in [0.25, 0.3) is 0 Å². The fourth-order valence-corrected chi connectivity index (χ4v) is 4.93. The molecule has 1 amide bonds. The molecule has 9 heteroatoms. The van der Waals surface area contributed by atoms with Crippen LogP contribution in [0.15, 0.2) is 59.9 Å². The third-order valence-corrected chi connectivity index (χ3v) is 6.92. The highest BCUT2D eigenvalue weighted by atomic mass is 35.5. The van der Waals surface area contributed by atoms with Crippen LogP contribution >= 0.6 is 11.6 Å². The molecule has 2 aromatic carbocycles. The molecule has 0 spiro atoms. The smallest absolute Gasteiger partial charge is 0.420 e. The van der Waals surface area contributed by atoms with E-state index < -0.39 is 22.0 Å². The Balaban J connectivity index is 1.85. The van der Waals surface area contributed by atoms with Crippen molar-refractivity contribution in [3.63, 3.8) is 0 Å². The number of amides is 1. The Labute approximate surface area is 237 Å². The van der Waals surface area contributed by atoms with Gasteiger partial charge in [0.2, 0.25) is 10.3 Å². The maximum atomic E-state index is 13.2. The first-order chi connectivity index (χ1) is 18.3. The van der Waals surface area contributed by atoms with Crippen molar-refractivity contribution in [2.45, 2.75) is 72.3 Å². The molecule has 210 valence electrons. The van der Waals surface area contributed by atoms with Gasteiger partial charge in [-0.15, -0.1) is 0 Å². The second-order valence-corrected chi connectivity index (χ2v) is 12.3. The second kappa shape index (κ2) is 13.3. The molecule has 0 N–H and O–H groups in total. The number of hydrogen-bond acceptors (Lipinski definition) is 6. The van der Waals surface area contributed by atoms with E-state index in [4.69, 9.17) is 21.1 Å². The molecular weight excluding hydrogens is 538 g/mol. The Hall–Kier alpha value is -3.10. The van der Waals surface area contributed by atoms with Crippen molar-refractivity contribution in [2.24, 2.45) is 5.92 Å². The molecule has 0 saturated heterocycles. The van der Waals surface area contributed by atoms with Gasteiger partial charge in [0.15, 0.2) is 10.8 Å². The summed E-state index contributed by atoms with van der Waals surface area (Å²) in [5.74, 6) is 1.28. The van der Waals surface area contributed by atoms with Crippen LogP contribution in [0, 0.1) is 5.92 Å². The van der Waals surface area contributed by atoms with Gasteiger partial charge in [-0.1, -0.05) is 49.7 Å². The van der Waals surface area contributed by atoms with Crippen molar-refractivity contribution in [3.05, 3.63) is 76.0 Å². The molecule has 7 nitrogen and oxygen atoms in total. The van der Waals surface area contributed by atoms with Crippen molar-refractivity contribution in [2.75, 3.05) is 11.5 Å². The minimum Gasteiger partial charge on any atom is -0.497 e. The zero-order valence-electron chi connectivity index (χ0n) is 23.1. The van der Waals surface area contributed by atoms with Crippen molar-refractivity contribution >= 4 is 44.4 Å². The van der Waals surface area contributed by atoms with Crippen molar-refractivity contribution < 1.29 is 27.5 Å². The molecule has 0 bridgehead atoms. The number of anilines is 1. The van der Waals surface area contributed by atoms with Gasteiger partial charge < -0.3 is 9.47 Å². The number of allylic oxidation sites excluding steroid dienone is 2. The Morgan fingerprint density at radius 3 is 2.31 bits per heavy atom. The first kappa shape index (κ1) is 30.4. The number of hydrogen-bond donors (Lipinski definition) is 0. The van der Waals surface area contributed by atoms with Crippen LogP contribution in [-0.2, 0) is 37.4 Å². The third-order valence-electron chi connectivity index (χ3n) is 5.96. The SMILES string of the molecule is CC(C)COC1=C(CCc2cccc(CC(N(C(=O)OC(C)(C)C)c3ccc(Cl)cc3)=S(=O)=O)c2)C(=O)CC1. The molecule has 0 aliphatic heterocycles. The van der Waals surface area contributed by atoms with Crippen LogP contribution in [0.2, 0.25) is 5.02 Å². The fourth-order valence-electron chi connectivity index (χ4n) is 4.19. The maximum Gasteiger partial charge on any atom is 0.420 e. The molecule has 39 heavy (non-hydrogen) atoms. The van der Waals surface area contributed by atoms with Crippen LogP contribution in [0.4, 0.5) is 10.5 Å². The van der Waals surface area contributed by atoms with E-state index in [-0.39, 0.29) is 17.2 Å². The summed E-state index contributed by atoms with van der Waals surface area (Å²) in [5.41, 5.74) is 1.89. The Morgan fingerprint density at radius 1 is 1.03 bits per heavy atom. The monoisotopic (exact) mass is 573 g/mol. The summed E-state index contributed by atoms with van der Waals surface area (Å²) >= 11 is 6.02. The number of carbonyl (C=O) groups is 2. The third kappa shape index (κ3) is 8.97. The van der Waals surface area contributed by atoms with Crippen LogP contribution in [0.3, 0.4) is 0 Å². The number of Topliss-reactive ketones (excluding diaryl/α,β-unsaturated/α-hetero) is 1. The number of nitrogens with zero attached hydrogens (tertiary/aromatic N) is 1. The summed E-state index contributed by atoms with van der Waals surface area (Å²) in [6, 6.07) is 13.8. The van der Waals surface area contributed by atoms with E-state index >= 15 is 0 Å². The molecule has 0 fully saturated rings. The van der Waals surface area contributed by atoms with Gasteiger partial charge >= 0.3 is 6.09 Å². The minimum atomic E-state index is -2.73. The van der Waals surface area contributed by atoms with Crippen LogP contribution in [0.5, 0.6) is 0 Å². The number of ketones is 1. The number of benzene rings is 2. The van der Waals surface area contributed by atoms with E-state index in [1.807, 2.05) is 24.3 Å². The number of ether oxygens (including phenoxy) is 2. The van der Waals surface area contributed by atoms with Crippen LogP contribution in [-0.4, -0.2) is 37.5 Å². The molecular formula is C30H36ClNO6S. The molecule has 0 radical (unpaired) electrons. The summed E-state index contributed by atoms with van der Waals surface area (Å²) in [7, 11) is -2.73. The average Bonchev–Trinajstić information content (AvgIpc) is 3.20. The van der Waals surface area contributed by atoms with Gasteiger partial charge in [0.05, 0.1) is 12.3 Å². The van der Waals surface area contributed by atoms with Gasteiger partial charge in [-0.2, -0.15) is 8.42 Å². The highest BCUT2D eigenvalue weighted by Crippen LogP contribution is 2.28. The molecule has 1 aliphatic rings. The molecule has 2 aromatic rings. The lowest BCUT2D eigenvalue weighted by Gasteiger charge is -2.27. The van der Waals surface area contributed by atoms with Gasteiger partial charge in [0.1, 0.15) is 11.4 Å². The first-order valence-electron chi connectivity index (χ1n) is 13.0. The minimum absolute atomic E-state index is 0.0316. The highest BCUT2D eigenvalue weighted by molar-refractivity contribution is 7.73. The summed E-state index contributed by atoms with van der Waals surface area (Å²) in [6.07, 6.45) is 1.43. The zero-order chi connectivity index (χ0) is 28.7. The topological polar surface area (TPSA) is 90.0 Å². The van der Waals surface area contributed by atoms with Crippen molar-refractivity contribution in [3.8, 4) is 0 Å². The maximum absolute atomic E-state index is 13.2. The largest absolute Gasteiger partial charge is 0.497 e. The molecule has 3 rings (SSSR count). The number of carbonyl (C=O) groups excluding carboxylic acids is 2. The van der Waals surface area contributed by atoms with Crippen LogP contribution in [0.25, 0.3) is 0 Å². The second-order valence-electron chi connectivity index (χ2n) is 10.9. The molecule has 0 saturated carbocycles. The fraction of sp³-hybridized carbons (Fsp3) is 0.433. The standard InChI is InChI=1S/C30H36ClNO6S/c1-20(2)19-37-27-16-15-26(33)25(27)14-9-21-7-6-8-22(17-21)18-28(39(35)36)32(29(34)38-30(3,4)5)24-12-10-23(31)11-13-24/h6-8,10-13,17,20H,9,14-16,18-19H2,1-5H3. The van der Waals surface area contributed by atoms with E-state index in [1.54, 1.807) is 45.0 Å². The predicted molar refractivity (Wildman–Crippen MR) is 155 cm³/mol. The van der Waals surface area contributed by atoms with Crippen molar-refractivity contribution in [1.29, 1.82) is 0 Å². The Kier molecular flexibility index (Phi) is 10.4. The molecule has 1 aliphatic carbocycles. The lowest BCUT2D eigenvalue weighted by molar-refractivity contribution is -0.115. The molecule has 0 atom stereocenters. The Morgan fingerprint density at radius 2 is 1.69 bits per heavy atom. The van der Waals surface area contributed by atoms with Gasteiger partial charge in [0, 0.05) is 29.9 Å². The van der Waals surface area contributed by atoms with E-state index in [9.17, 15) is 18.0 Å². The van der Waals surface area contributed by atoms with Crippen LogP contribution < -0.4 is 4.90 Å².